The summed E-state index contributed by atoms with van der Waals surface area (Å²) in [6.45, 7) is 4.46. The van der Waals surface area contributed by atoms with Gasteiger partial charge in [0, 0.05) is 10.2 Å². The molecule has 0 spiro atoms. The van der Waals surface area contributed by atoms with E-state index >= 15 is 0 Å². The Morgan fingerprint density at radius 1 is 1.35 bits per heavy atom. The zero-order chi connectivity index (χ0) is 12.5. The van der Waals surface area contributed by atoms with Crippen molar-refractivity contribution in [3.63, 3.8) is 0 Å². The number of nitriles is 1. The summed E-state index contributed by atoms with van der Waals surface area (Å²) in [7, 11) is 0. The Balaban J connectivity index is 2.20. The van der Waals surface area contributed by atoms with Gasteiger partial charge in [-0.2, -0.15) is 5.26 Å². The average molecular weight is 293 g/mol. The van der Waals surface area contributed by atoms with Gasteiger partial charge in [-0.25, -0.2) is 0 Å². The maximum atomic E-state index is 9.46. The van der Waals surface area contributed by atoms with Crippen LogP contribution in [0.5, 0.6) is 0 Å². The molecule has 0 amide bonds. The predicted octanol–water partition coefficient (Wildman–Crippen LogP) is 4.33. The van der Waals surface area contributed by atoms with E-state index in [1.54, 1.807) is 0 Å². The minimum absolute atomic E-state index is 0.259. The fourth-order valence-corrected chi connectivity index (χ4v) is 3.02. The Kier molecular flexibility index (Phi) is 3.18. The molecule has 0 radical (unpaired) electrons. The lowest BCUT2D eigenvalue weighted by Gasteiger charge is -2.26. The maximum Gasteiger partial charge on any atom is 0.125 e. The normalized spacial score (nSPS) is 26.5. The molecule has 1 aromatic rings. The molecule has 2 rings (SSSR count). The summed E-state index contributed by atoms with van der Waals surface area (Å²) in [6, 6.07) is 10.5. The van der Waals surface area contributed by atoms with Crippen LogP contribution in [0.15, 0.2) is 28.7 Å². The number of rotatable bonds is 2. The molecule has 17 heavy (non-hydrogen) atoms. The number of nitrogens with zero attached hydrogens (tertiary/aromatic N) is 1. The summed E-state index contributed by atoms with van der Waals surface area (Å²) in [6.07, 6.45) is 2.92. The number of benzene rings is 1. The van der Waals surface area contributed by atoms with Gasteiger partial charge >= 0.3 is 0 Å². The first-order valence-corrected chi connectivity index (χ1v) is 6.69. The zero-order valence-corrected chi connectivity index (χ0v) is 11.8. The second-order valence-electron chi connectivity index (χ2n) is 5.67. The van der Waals surface area contributed by atoms with E-state index in [1.165, 1.54) is 0 Å². The van der Waals surface area contributed by atoms with Crippen LogP contribution >= 0.6 is 15.9 Å². The molecule has 90 valence electrons. The third-order valence-electron chi connectivity index (χ3n) is 3.43. The molecule has 1 unspecified atom stereocenters. The Bertz CT molecular complexity index is 462. The second kappa shape index (κ2) is 4.34. The predicted molar refractivity (Wildman–Crippen MR) is 73.7 cm³/mol. The quantitative estimate of drug-likeness (QED) is 0.880. The van der Waals surface area contributed by atoms with E-state index in [2.05, 4.69) is 41.2 Å². The van der Waals surface area contributed by atoms with Gasteiger partial charge in [0.05, 0.1) is 6.07 Å². The van der Waals surface area contributed by atoms with E-state index < -0.39 is 5.54 Å². The van der Waals surface area contributed by atoms with Gasteiger partial charge in [-0.15, -0.1) is 0 Å². The topological polar surface area (TPSA) is 35.8 Å². The summed E-state index contributed by atoms with van der Waals surface area (Å²) in [4.78, 5) is 0. The van der Waals surface area contributed by atoms with E-state index in [-0.39, 0.29) is 5.41 Å². The summed E-state index contributed by atoms with van der Waals surface area (Å²) < 4.78 is 1.04. The van der Waals surface area contributed by atoms with Gasteiger partial charge in [0.15, 0.2) is 0 Å². The van der Waals surface area contributed by atoms with Gasteiger partial charge in [0.2, 0.25) is 0 Å². The van der Waals surface area contributed by atoms with Crippen molar-refractivity contribution in [1.82, 2.24) is 0 Å². The van der Waals surface area contributed by atoms with Crippen molar-refractivity contribution in [3.8, 4) is 6.07 Å². The minimum Gasteiger partial charge on any atom is -0.367 e. The van der Waals surface area contributed by atoms with Crippen molar-refractivity contribution in [2.75, 3.05) is 5.32 Å². The molecule has 1 N–H and O–H groups in total. The molecule has 1 atom stereocenters. The van der Waals surface area contributed by atoms with Gasteiger partial charge in [-0.1, -0.05) is 35.8 Å². The van der Waals surface area contributed by atoms with Crippen LogP contribution in [0.4, 0.5) is 5.69 Å². The van der Waals surface area contributed by atoms with Crippen LogP contribution in [0, 0.1) is 16.7 Å². The summed E-state index contributed by atoms with van der Waals surface area (Å²) in [5, 5.41) is 12.9. The number of anilines is 1. The average Bonchev–Trinajstić information content (AvgIpc) is 2.55. The van der Waals surface area contributed by atoms with Crippen molar-refractivity contribution in [2.24, 2.45) is 5.41 Å². The number of hydrogen-bond donors (Lipinski definition) is 1. The third kappa shape index (κ3) is 2.81. The molecule has 1 fully saturated rings. The van der Waals surface area contributed by atoms with Crippen LogP contribution in [-0.4, -0.2) is 5.54 Å². The first-order valence-electron chi connectivity index (χ1n) is 5.90. The lowest BCUT2D eigenvalue weighted by atomic mass is 9.88. The molecule has 0 heterocycles. The minimum atomic E-state index is -0.399. The van der Waals surface area contributed by atoms with Crippen LogP contribution < -0.4 is 5.32 Å². The van der Waals surface area contributed by atoms with Crippen molar-refractivity contribution in [1.29, 1.82) is 5.26 Å². The fourth-order valence-electron chi connectivity index (χ4n) is 2.62. The number of hydrogen-bond acceptors (Lipinski definition) is 2. The Morgan fingerprint density at radius 2 is 2.12 bits per heavy atom. The summed E-state index contributed by atoms with van der Waals surface area (Å²) in [5.41, 5.74) is 0.873. The largest absolute Gasteiger partial charge is 0.367 e. The Labute approximate surface area is 111 Å². The number of halogens is 1. The molecule has 0 aliphatic heterocycles. The lowest BCUT2D eigenvalue weighted by Crippen LogP contribution is -2.34. The molecule has 1 saturated carbocycles. The summed E-state index contributed by atoms with van der Waals surface area (Å²) in [5.74, 6) is 0. The highest BCUT2D eigenvalue weighted by molar-refractivity contribution is 9.10. The molecule has 0 saturated heterocycles. The second-order valence-corrected chi connectivity index (χ2v) is 6.59. The molecule has 3 heteroatoms. The molecular formula is C14H17BrN2. The fraction of sp³-hybridized carbons (Fsp3) is 0.500. The van der Waals surface area contributed by atoms with E-state index in [4.69, 9.17) is 0 Å². The standard InChI is InChI=1S/C14H17BrN2/c1-13(2)6-7-14(9-13,10-16)17-12-5-3-4-11(15)8-12/h3-5,8,17H,6-7,9H2,1-2H3. The van der Waals surface area contributed by atoms with Gasteiger partial charge in [0.1, 0.15) is 5.54 Å². The van der Waals surface area contributed by atoms with Gasteiger partial charge in [-0.3, -0.25) is 0 Å². The highest BCUT2D eigenvalue weighted by Crippen LogP contribution is 2.44. The van der Waals surface area contributed by atoms with Crippen molar-refractivity contribution < 1.29 is 0 Å². The lowest BCUT2D eigenvalue weighted by molar-refractivity contribution is 0.368. The van der Waals surface area contributed by atoms with E-state index in [0.29, 0.717) is 0 Å². The molecule has 2 nitrogen and oxygen atoms in total. The molecule has 0 bridgehead atoms. The zero-order valence-electron chi connectivity index (χ0n) is 10.3. The van der Waals surface area contributed by atoms with Crippen LogP contribution in [0.1, 0.15) is 33.1 Å². The highest BCUT2D eigenvalue weighted by Gasteiger charge is 2.43. The SMILES string of the molecule is CC1(C)CCC(C#N)(Nc2cccc(Br)c2)C1. The van der Waals surface area contributed by atoms with Crippen LogP contribution in [0.25, 0.3) is 0 Å². The van der Waals surface area contributed by atoms with Crippen LogP contribution in [-0.2, 0) is 0 Å². The summed E-state index contributed by atoms with van der Waals surface area (Å²) >= 11 is 3.45. The highest BCUT2D eigenvalue weighted by atomic mass is 79.9. The molecule has 0 aromatic heterocycles. The first kappa shape index (κ1) is 12.4. The van der Waals surface area contributed by atoms with Crippen LogP contribution in [0.3, 0.4) is 0 Å². The molecular weight excluding hydrogens is 276 g/mol. The first-order chi connectivity index (χ1) is 7.95. The number of nitrogens with one attached hydrogen (secondary N) is 1. The van der Waals surface area contributed by atoms with Crippen molar-refractivity contribution >= 4 is 21.6 Å². The monoisotopic (exact) mass is 292 g/mol. The van der Waals surface area contributed by atoms with Crippen molar-refractivity contribution in [3.05, 3.63) is 28.7 Å². The van der Waals surface area contributed by atoms with E-state index in [1.807, 2.05) is 24.3 Å². The molecule has 1 aliphatic rings. The Hall–Kier alpha value is -1.01. The maximum absolute atomic E-state index is 9.46. The Morgan fingerprint density at radius 3 is 2.65 bits per heavy atom. The third-order valence-corrected chi connectivity index (χ3v) is 3.92. The van der Waals surface area contributed by atoms with Gasteiger partial charge in [-0.05, 0) is 42.9 Å². The smallest absolute Gasteiger partial charge is 0.125 e. The van der Waals surface area contributed by atoms with Gasteiger partial charge in [0.25, 0.3) is 0 Å². The van der Waals surface area contributed by atoms with E-state index in [0.717, 1.165) is 29.4 Å². The van der Waals surface area contributed by atoms with Crippen molar-refractivity contribution in [2.45, 2.75) is 38.6 Å². The molecule has 1 aliphatic carbocycles. The van der Waals surface area contributed by atoms with E-state index in [9.17, 15) is 5.26 Å². The molecule has 1 aromatic carbocycles. The van der Waals surface area contributed by atoms with Crippen LogP contribution in [0.2, 0.25) is 0 Å². The van der Waals surface area contributed by atoms with Gasteiger partial charge < -0.3 is 5.32 Å².